The van der Waals surface area contributed by atoms with E-state index in [-0.39, 0.29) is 17.3 Å². The number of carbonyl (C=O) groups excluding carboxylic acids is 1. The van der Waals surface area contributed by atoms with Crippen molar-refractivity contribution in [1.82, 2.24) is 0 Å². The standard InChI is InChI=1S/C16H19FO2/c1-11-6-5-7-12(15(11)17)19-14-10-13(18)16(14)8-3-2-4-9-16/h5-7,14H,2-4,8-10H2,1H3. The number of hydrogen-bond acceptors (Lipinski definition) is 2. The molecule has 0 amide bonds. The second-order valence-electron chi connectivity index (χ2n) is 5.84. The molecule has 1 aromatic carbocycles. The number of hydrogen-bond donors (Lipinski definition) is 0. The van der Waals surface area contributed by atoms with Gasteiger partial charge >= 0.3 is 0 Å². The molecule has 3 rings (SSSR count). The molecule has 1 unspecified atom stereocenters. The van der Waals surface area contributed by atoms with E-state index >= 15 is 0 Å². The maximum absolute atomic E-state index is 14.0. The Bertz CT molecular complexity index is 503. The molecule has 19 heavy (non-hydrogen) atoms. The molecule has 1 spiro atoms. The van der Waals surface area contributed by atoms with Crippen molar-refractivity contribution >= 4 is 5.78 Å². The van der Waals surface area contributed by atoms with E-state index in [2.05, 4.69) is 0 Å². The topological polar surface area (TPSA) is 26.3 Å². The molecule has 0 aliphatic heterocycles. The number of carbonyl (C=O) groups is 1. The maximum atomic E-state index is 14.0. The number of ketones is 1. The van der Waals surface area contributed by atoms with E-state index in [1.807, 2.05) is 0 Å². The fraction of sp³-hybridized carbons (Fsp3) is 0.562. The van der Waals surface area contributed by atoms with E-state index in [0.717, 1.165) is 25.7 Å². The van der Waals surface area contributed by atoms with Crippen LogP contribution in [0, 0.1) is 18.2 Å². The fourth-order valence-electron chi connectivity index (χ4n) is 3.42. The Balaban J connectivity index is 1.80. The van der Waals surface area contributed by atoms with E-state index in [9.17, 15) is 9.18 Å². The largest absolute Gasteiger partial charge is 0.486 e. The second kappa shape index (κ2) is 4.62. The summed E-state index contributed by atoms with van der Waals surface area (Å²) >= 11 is 0. The van der Waals surface area contributed by atoms with Crippen LogP contribution in [0.1, 0.15) is 44.1 Å². The normalized spacial score (nSPS) is 25.2. The van der Waals surface area contributed by atoms with Crippen LogP contribution in [-0.2, 0) is 4.79 Å². The fourth-order valence-corrected chi connectivity index (χ4v) is 3.42. The molecule has 0 bridgehead atoms. The lowest BCUT2D eigenvalue weighted by Gasteiger charge is -2.49. The van der Waals surface area contributed by atoms with E-state index in [4.69, 9.17) is 4.74 Å². The maximum Gasteiger partial charge on any atom is 0.167 e. The molecule has 0 aromatic heterocycles. The van der Waals surface area contributed by atoms with Crippen molar-refractivity contribution in [2.75, 3.05) is 0 Å². The van der Waals surface area contributed by atoms with E-state index in [0.29, 0.717) is 23.5 Å². The highest BCUT2D eigenvalue weighted by Gasteiger charge is 2.56. The van der Waals surface area contributed by atoms with Gasteiger partial charge in [0.2, 0.25) is 0 Å². The van der Waals surface area contributed by atoms with Crippen molar-refractivity contribution in [1.29, 1.82) is 0 Å². The highest BCUT2D eigenvalue weighted by atomic mass is 19.1. The van der Waals surface area contributed by atoms with Crippen molar-refractivity contribution < 1.29 is 13.9 Å². The SMILES string of the molecule is Cc1cccc(OC2CC(=O)C23CCCCC3)c1F. The van der Waals surface area contributed by atoms with Gasteiger partial charge in [-0.2, -0.15) is 0 Å². The van der Waals surface area contributed by atoms with E-state index in [1.54, 1.807) is 25.1 Å². The lowest BCUT2D eigenvalue weighted by Crippen LogP contribution is -2.57. The predicted octanol–water partition coefficient (Wildman–Crippen LogP) is 3.80. The quantitative estimate of drug-likeness (QED) is 0.810. The monoisotopic (exact) mass is 262 g/mol. The zero-order valence-electron chi connectivity index (χ0n) is 11.2. The molecular formula is C16H19FO2. The summed E-state index contributed by atoms with van der Waals surface area (Å²) in [7, 11) is 0. The summed E-state index contributed by atoms with van der Waals surface area (Å²) in [5.74, 6) is 0.306. The highest BCUT2D eigenvalue weighted by Crippen LogP contribution is 2.50. The summed E-state index contributed by atoms with van der Waals surface area (Å²) in [6.07, 6.45) is 5.49. The van der Waals surface area contributed by atoms with Gasteiger partial charge in [-0.3, -0.25) is 4.79 Å². The molecule has 0 radical (unpaired) electrons. The van der Waals surface area contributed by atoms with Crippen LogP contribution in [0.2, 0.25) is 0 Å². The van der Waals surface area contributed by atoms with Gasteiger partial charge < -0.3 is 4.74 Å². The number of Topliss-reactive ketones (excluding diaryl/α,β-unsaturated/α-hetero) is 1. The summed E-state index contributed by atoms with van der Waals surface area (Å²) in [5, 5.41) is 0. The Morgan fingerprint density at radius 1 is 1.26 bits per heavy atom. The van der Waals surface area contributed by atoms with Gasteiger partial charge in [-0.15, -0.1) is 0 Å². The summed E-state index contributed by atoms with van der Waals surface area (Å²) in [6.45, 7) is 1.73. The smallest absolute Gasteiger partial charge is 0.167 e. The van der Waals surface area contributed by atoms with Crippen LogP contribution in [-0.4, -0.2) is 11.9 Å². The van der Waals surface area contributed by atoms with Gasteiger partial charge in [-0.25, -0.2) is 4.39 Å². The van der Waals surface area contributed by atoms with E-state index in [1.165, 1.54) is 6.42 Å². The number of ether oxygens (including phenoxy) is 1. The molecule has 2 fully saturated rings. The van der Waals surface area contributed by atoms with Crippen molar-refractivity contribution in [3.05, 3.63) is 29.6 Å². The molecule has 2 nitrogen and oxygen atoms in total. The summed E-state index contributed by atoms with van der Waals surface area (Å²) < 4.78 is 19.8. The summed E-state index contributed by atoms with van der Waals surface area (Å²) in [6, 6.07) is 5.17. The summed E-state index contributed by atoms with van der Waals surface area (Å²) in [5.41, 5.74) is 0.273. The molecule has 2 aliphatic rings. The van der Waals surface area contributed by atoms with Gasteiger partial charge in [-0.05, 0) is 31.4 Å². The number of rotatable bonds is 2. The average molecular weight is 262 g/mol. The van der Waals surface area contributed by atoms with Crippen molar-refractivity contribution in [2.45, 2.75) is 51.6 Å². The van der Waals surface area contributed by atoms with Gasteiger partial charge in [-0.1, -0.05) is 31.4 Å². The van der Waals surface area contributed by atoms with Crippen LogP contribution in [0.25, 0.3) is 0 Å². The lowest BCUT2D eigenvalue weighted by atomic mass is 9.57. The molecule has 0 heterocycles. The van der Waals surface area contributed by atoms with Crippen LogP contribution in [0.5, 0.6) is 5.75 Å². The minimum Gasteiger partial charge on any atom is -0.486 e. The Kier molecular flexibility index (Phi) is 3.08. The number of benzene rings is 1. The highest BCUT2D eigenvalue weighted by molar-refractivity contribution is 5.92. The lowest BCUT2D eigenvalue weighted by molar-refractivity contribution is -0.156. The first kappa shape index (κ1) is 12.6. The van der Waals surface area contributed by atoms with Gasteiger partial charge in [0.25, 0.3) is 0 Å². The Morgan fingerprint density at radius 3 is 2.68 bits per heavy atom. The zero-order valence-corrected chi connectivity index (χ0v) is 11.2. The molecule has 0 saturated heterocycles. The van der Waals surface area contributed by atoms with E-state index < -0.39 is 0 Å². The van der Waals surface area contributed by atoms with Crippen LogP contribution in [0.3, 0.4) is 0 Å². The van der Waals surface area contributed by atoms with Crippen molar-refractivity contribution in [3.8, 4) is 5.75 Å². The van der Waals surface area contributed by atoms with Crippen LogP contribution in [0.4, 0.5) is 4.39 Å². The zero-order chi connectivity index (χ0) is 13.5. The second-order valence-corrected chi connectivity index (χ2v) is 5.84. The molecule has 2 saturated carbocycles. The van der Waals surface area contributed by atoms with Gasteiger partial charge in [0.05, 0.1) is 5.41 Å². The van der Waals surface area contributed by atoms with Gasteiger partial charge in [0, 0.05) is 6.42 Å². The Labute approximate surface area is 113 Å². The number of aryl methyl sites for hydroxylation is 1. The van der Waals surface area contributed by atoms with Crippen molar-refractivity contribution in [3.63, 3.8) is 0 Å². The molecular weight excluding hydrogens is 243 g/mol. The third-order valence-electron chi connectivity index (χ3n) is 4.71. The van der Waals surface area contributed by atoms with Crippen LogP contribution < -0.4 is 4.74 Å². The predicted molar refractivity (Wildman–Crippen MR) is 70.7 cm³/mol. The molecule has 102 valence electrons. The first-order valence-corrected chi connectivity index (χ1v) is 7.08. The first-order valence-electron chi connectivity index (χ1n) is 7.08. The third kappa shape index (κ3) is 1.96. The minimum absolute atomic E-state index is 0.128. The Hall–Kier alpha value is -1.38. The minimum atomic E-state index is -0.311. The van der Waals surface area contributed by atoms with Gasteiger partial charge in [0.1, 0.15) is 11.9 Å². The average Bonchev–Trinajstić information content (AvgIpc) is 2.44. The summed E-state index contributed by atoms with van der Waals surface area (Å²) in [4.78, 5) is 12.0. The number of halogens is 1. The van der Waals surface area contributed by atoms with Gasteiger partial charge in [0.15, 0.2) is 11.6 Å². The third-order valence-corrected chi connectivity index (χ3v) is 4.71. The molecule has 3 heteroatoms. The molecule has 0 N–H and O–H groups in total. The van der Waals surface area contributed by atoms with Crippen LogP contribution in [0.15, 0.2) is 18.2 Å². The molecule has 2 aliphatic carbocycles. The van der Waals surface area contributed by atoms with Crippen LogP contribution >= 0.6 is 0 Å². The first-order chi connectivity index (χ1) is 9.13. The molecule has 1 atom stereocenters. The molecule has 1 aromatic rings. The Morgan fingerprint density at radius 2 is 2.00 bits per heavy atom. The van der Waals surface area contributed by atoms with Crippen molar-refractivity contribution in [2.24, 2.45) is 5.41 Å².